The predicted octanol–water partition coefficient (Wildman–Crippen LogP) is 3.73. The number of thioether (sulfide) groups is 1. The third kappa shape index (κ3) is 2.50. The van der Waals surface area contributed by atoms with Crippen molar-refractivity contribution in [1.29, 1.82) is 0 Å². The van der Waals surface area contributed by atoms with Gasteiger partial charge in [-0.05, 0) is 55.1 Å². The van der Waals surface area contributed by atoms with Crippen molar-refractivity contribution in [3.05, 3.63) is 28.8 Å². The minimum atomic E-state index is 0.339. The van der Waals surface area contributed by atoms with E-state index in [4.69, 9.17) is 0 Å². The number of aryl methyl sites for hydroxylation is 1. The number of fused-ring (bicyclic) bond motifs is 1. The van der Waals surface area contributed by atoms with Crippen molar-refractivity contribution in [2.45, 2.75) is 50.3 Å². The molecule has 0 amide bonds. The lowest BCUT2D eigenvalue weighted by molar-refractivity contribution is 0.444. The molecule has 1 aliphatic carbocycles. The molecule has 19 heavy (non-hydrogen) atoms. The van der Waals surface area contributed by atoms with E-state index in [0.717, 1.165) is 23.8 Å². The zero-order valence-electron chi connectivity index (χ0n) is 11.8. The fraction of sp³-hybridized carbons (Fsp3) is 0.625. The van der Waals surface area contributed by atoms with Gasteiger partial charge in [-0.25, -0.2) is 0 Å². The van der Waals surface area contributed by atoms with Crippen LogP contribution in [0.5, 0.6) is 5.75 Å². The number of phenolic OH excluding ortho intramolecular Hbond substituents is 1. The number of hydrogen-bond acceptors (Lipinski definition) is 3. The van der Waals surface area contributed by atoms with Crippen molar-refractivity contribution in [2.75, 3.05) is 12.3 Å². The van der Waals surface area contributed by atoms with Gasteiger partial charge in [0.1, 0.15) is 5.75 Å². The maximum absolute atomic E-state index is 10.2. The molecule has 2 aliphatic rings. The monoisotopic (exact) mass is 277 g/mol. The third-order valence-electron chi connectivity index (χ3n) is 4.53. The first kappa shape index (κ1) is 13.3. The van der Waals surface area contributed by atoms with Crippen molar-refractivity contribution < 1.29 is 5.11 Å². The molecule has 0 radical (unpaired) electrons. The van der Waals surface area contributed by atoms with Crippen LogP contribution >= 0.6 is 11.8 Å². The first-order valence-corrected chi connectivity index (χ1v) is 8.39. The lowest BCUT2D eigenvalue weighted by atomic mass is 9.97. The molecule has 3 rings (SSSR count). The number of rotatable bonds is 3. The number of aromatic hydroxyl groups is 1. The maximum Gasteiger partial charge on any atom is 0.120 e. The Balaban J connectivity index is 1.77. The van der Waals surface area contributed by atoms with Gasteiger partial charge in [-0.3, -0.25) is 0 Å². The van der Waals surface area contributed by atoms with E-state index in [-0.39, 0.29) is 0 Å². The van der Waals surface area contributed by atoms with Crippen LogP contribution in [-0.2, 0) is 0 Å². The predicted molar refractivity (Wildman–Crippen MR) is 82.1 cm³/mol. The van der Waals surface area contributed by atoms with Gasteiger partial charge in [-0.2, -0.15) is 11.8 Å². The molecule has 1 aromatic rings. The summed E-state index contributed by atoms with van der Waals surface area (Å²) >= 11 is 2.09. The van der Waals surface area contributed by atoms with Crippen molar-refractivity contribution in [3.8, 4) is 5.75 Å². The van der Waals surface area contributed by atoms with E-state index in [1.807, 2.05) is 12.1 Å². The van der Waals surface area contributed by atoms with Crippen LogP contribution < -0.4 is 5.32 Å². The molecule has 1 saturated heterocycles. The molecule has 0 saturated carbocycles. The molecule has 0 bridgehead atoms. The fourth-order valence-corrected chi connectivity index (χ4v) is 4.82. The van der Waals surface area contributed by atoms with Crippen LogP contribution in [0.2, 0.25) is 0 Å². The Kier molecular flexibility index (Phi) is 3.77. The average molecular weight is 277 g/mol. The lowest BCUT2D eigenvalue weighted by Crippen LogP contribution is -2.26. The second-order valence-electron chi connectivity index (χ2n) is 5.96. The van der Waals surface area contributed by atoms with E-state index in [1.54, 1.807) is 0 Å². The summed E-state index contributed by atoms with van der Waals surface area (Å²) in [6.45, 7) is 5.51. The first-order valence-electron chi connectivity index (χ1n) is 7.34. The summed E-state index contributed by atoms with van der Waals surface area (Å²) in [6.07, 6.45) is 3.82. The minimum Gasteiger partial charge on any atom is -0.508 e. The summed E-state index contributed by atoms with van der Waals surface area (Å²) in [5, 5.41) is 14.7. The molecule has 3 atom stereocenters. The molecular formula is C16H23NOS. The van der Waals surface area contributed by atoms with Gasteiger partial charge in [0.2, 0.25) is 0 Å². The van der Waals surface area contributed by atoms with Gasteiger partial charge in [0, 0.05) is 23.4 Å². The van der Waals surface area contributed by atoms with E-state index < -0.39 is 0 Å². The Hall–Kier alpha value is -0.670. The number of nitrogens with one attached hydrogen (secondary N) is 1. The largest absolute Gasteiger partial charge is 0.508 e. The molecule has 1 fully saturated rings. The van der Waals surface area contributed by atoms with Crippen molar-refractivity contribution >= 4 is 11.8 Å². The van der Waals surface area contributed by atoms with Crippen LogP contribution in [0, 0.1) is 6.92 Å². The maximum atomic E-state index is 10.2. The Morgan fingerprint density at radius 3 is 2.95 bits per heavy atom. The summed E-state index contributed by atoms with van der Waals surface area (Å²) < 4.78 is 0. The van der Waals surface area contributed by atoms with Crippen LogP contribution in [0.4, 0.5) is 0 Å². The van der Waals surface area contributed by atoms with E-state index >= 15 is 0 Å². The van der Waals surface area contributed by atoms with Gasteiger partial charge in [-0.1, -0.05) is 13.0 Å². The Labute approximate surface area is 120 Å². The standard InChI is InChI=1S/C16H23NOS/c1-10-5-6-14(18)16-13(8-11(2)15(10)16)17-9-12-4-3-7-19-12/h5-6,11-13,17-18H,3-4,7-9H2,1-2H3. The number of benzene rings is 1. The Morgan fingerprint density at radius 2 is 2.21 bits per heavy atom. The zero-order chi connectivity index (χ0) is 13.4. The molecule has 1 aliphatic heterocycles. The summed E-state index contributed by atoms with van der Waals surface area (Å²) in [6, 6.07) is 4.23. The summed E-state index contributed by atoms with van der Waals surface area (Å²) in [5.74, 6) is 2.34. The second kappa shape index (κ2) is 5.37. The van der Waals surface area contributed by atoms with E-state index in [2.05, 4.69) is 30.9 Å². The molecule has 0 aromatic heterocycles. The molecule has 3 unspecified atom stereocenters. The highest BCUT2D eigenvalue weighted by Crippen LogP contribution is 2.46. The zero-order valence-corrected chi connectivity index (χ0v) is 12.6. The molecule has 3 heteroatoms. The molecule has 0 spiro atoms. The molecule has 2 nitrogen and oxygen atoms in total. The normalized spacial score (nSPS) is 29.7. The summed E-state index contributed by atoms with van der Waals surface area (Å²) in [7, 11) is 0. The van der Waals surface area contributed by atoms with E-state index in [0.29, 0.717) is 17.7 Å². The SMILES string of the molecule is Cc1ccc(O)c2c1C(C)CC2NCC1CCCS1. The highest BCUT2D eigenvalue weighted by Gasteiger charge is 2.32. The van der Waals surface area contributed by atoms with Crippen LogP contribution in [0.3, 0.4) is 0 Å². The summed E-state index contributed by atoms with van der Waals surface area (Å²) in [5.41, 5.74) is 3.85. The molecule has 1 aromatic carbocycles. The molecule has 2 N–H and O–H groups in total. The first-order chi connectivity index (χ1) is 9.16. The fourth-order valence-electron chi connectivity index (χ4n) is 3.61. The number of phenols is 1. The highest BCUT2D eigenvalue weighted by atomic mass is 32.2. The molecule has 1 heterocycles. The van der Waals surface area contributed by atoms with Crippen molar-refractivity contribution in [3.63, 3.8) is 0 Å². The van der Waals surface area contributed by atoms with Gasteiger partial charge in [-0.15, -0.1) is 0 Å². The quantitative estimate of drug-likeness (QED) is 0.883. The van der Waals surface area contributed by atoms with Gasteiger partial charge in [0.15, 0.2) is 0 Å². The van der Waals surface area contributed by atoms with E-state index in [9.17, 15) is 5.11 Å². The Morgan fingerprint density at radius 1 is 1.37 bits per heavy atom. The van der Waals surface area contributed by atoms with E-state index in [1.165, 1.54) is 29.7 Å². The minimum absolute atomic E-state index is 0.339. The number of hydrogen-bond donors (Lipinski definition) is 2. The molecular weight excluding hydrogens is 254 g/mol. The van der Waals surface area contributed by atoms with Crippen molar-refractivity contribution in [1.82, 2.24) is 5.32 Å². The molecule has 104 valence electrons. The van der Waals surface area contributed by atoms with Gasteiger partial charge in [0.25, 0.3) is 0 Å². The highest BCUT2D eigenvalue weighted by molar-refractivity contribution is 8.00. The van der Waals surface area contributed by atoms with Crippen LogP contribution in [-0.4, -0.2) is 22.7 Å². The van der Waals surface area contributed by atoms with Crippen molar-refractivity contribution in [2.24, 2.45) is 0 Å². The Bertz CT molecular complexity index is 468. The van der Waals surface area contributed by atoms with Gasteiger partial charge < -0.3 is 10.4 Å². The topological polar surface area (TPSA) is 32.3 Å². The lowest BCUT2D eigenvalue weighted by Gasteiger charge is -2.18. The average Bonchev–Trinajstić information content (AvgIpc) is 2.99. The van der Waals surface area contributed by atoms with Crippen LogP contribution in [0.1, 0.15) is 54.8 Å². The smallest absolute Gasteiger partial charge is 0.120 e. The summed E-state index contributed by atoms with van der Waals surface area (Å²) in [4.78, 5) is 0. The second-order valence-corrected chi connectivity index (χ2v) is 7.37. The third-order valence-corrected chi connectivity index (χ3v) is 5.93. The van der Waals surface area contributed by atoms with Crippen LogP contribution in [0.25, 0.3) is 0 Å². The van der Waals surface area contributed by atoms with Gasteiger partial charge in [0.05, 0.1) is 0 Å². The van der Waals surface area contributed by atoms with Crippen LogP contribution in [0.15, 0.2) is 12.1 Å². The van der Waals surface area contributed by atoms with Gasteiger partial charge >= 0.3 is 0 Å².